The van der Waals surface area contributed by atoms with Crippen molar-refractivity contribution >= 4 is 18.0 Å². The largest absolute Gasteiger partial charge is 0.497 e. The molecule has 0 spiro atoms. The highest BCUT2D eigenvalue weighted by atomic mass is 16.6. The molecule has 8 nitrogen and oxygen atoms in total. The lowest BCUT2D eigenvalue weighted by Gasteiger charge is -2.25. The van der Waals surface area contributed by atoms with Crippen LogP contribution in [0, 0.1) is 0 Å². The van der Waals surface area contributed by atoms with E-state index in [1.165, 1.54) is 18.1 Å². The van der Waals surface area contributed by atoms with Crippen molar-refractivity contribution in [1.29, 1.82) is 0 Å². The van der Waals surface area contributed by atoms with Crippen molar-refractivity contribution in [2.45, 2.75) is 84.2 Å². The van der Waals surface area contributed by atoms with E-state index in [1.807, 2.05) is 27.7 Å². The molecule has 8 heteroatoms. The van der Waals surface area contributed by atoms with Gasteiger partial charge in [0, 0.05) is 5.54 Å². The third kappa shape index (κ3) is 6.60. The standard InChI is InChI=1S/C23H34N2O6/c1-9-16-17(25(16)21(28)31-23(5,6)7)18(19(26)24-22(2,3)4)30-20(27)14-11-10-12-15(13-14)29-8/h10-13,16-18H,9H2,1-8H3,(H,24,26)/t16-,17+,18+,25?/m1/s1. The summed E-state index contributed by atoms with van der Waals surface area (Å²) in [6.07, 6.45) is -1.11. The molecule has 0 radical (unpaired) electrons. The Morgan fingerprint density at radius 3 is 2.29 bits per heavy atom. The van der Waals surface area contributed by atoms with E-state index in [0.717, 1.165) is 0 Å². The number of hydrogen-bond acceptors (Lipinski definition) is 6. The molecule has 1 saturated heterocycles. The Morgan fingerprint density at radius 1 is 1.13 bits per heavy atom. The van der Waals surface area contributed by atoms with Crippen LogP contribution in [0.25, 0.3) is 0 Å². The number of rotatable bonds is 6. The summed E-state index contributed by atoms with van der Waals surface area (Å²) >= 11 is 0. The van der Waals surface area contributed by atoms with Gasteiger partial charge in [-0.3, -0.25) is 9.69 Å². The van der Waals surface area contributed by atoms with Crippen LogP contribution in [0.15, 0.2) is 24.3 Å². The molecule has 0 saturated carbocycles. The van der Waals surface area contributed by atoms with Crippen LogP contribution in [0.4, 0.5) is 4.79 Å². The van der Waals surface area contributed by atoms with Gasteiger partial charge in [-0.05, 0) is 66.2 Å². The molecule has 172 valence electrons. The minimum absolute atomic E-state index is 0.255. The van der Waals surface area contributed by atoms with Gasteiger partial charge in [0.05, 0.1) is 18.7 Å². The number of carbonyl (C=O) groups is 3. The van der Waals surface area contributed by atoms with Crippen LogP contribution in [0.3, 0.4) is 0 Å². The lowest BCUT2D eigenvalue weighted by atomic mass is 10.1. The number of nitrogens with one attached hydrogen (secondary N) is 1. The smallest absolute Gasteiger partial charge is 0.411 e. The fourth-order valence-electron chi connectivity index (χ4n) is 3.31. The molecule has 31 heavy (non-hydrogen) atoms. The Bertz CT molecular complexity index is 824. The van der Waals surface area contributed by atoms with Gasteiger partial charge in [0.2, 0.25) is 6.10 Å². The monoisotopic (exact) mass is 434 g/mol. The van der Waals surface area contributed by atoms with Crippen LogP contribution in [-0.4, -0.2) is 59.3 Å². The molecular formula is C23H34N2O6. The highest BCUT2D eigenvalue weighted by molar-refractivity contribution is 5.93. The second-order valence-electron chi connectivity index (χ2n) is 9.65. The number of amides is 2. The van der Waals surface area contributed by atoms with E-state index in [1.54, 1.807) is 39.0 Å². The zero-order valence-electron chi connectivity index (χ0n) is 19.6. The zero-order chi connectivity index (χ0) is 23.6. The first kappa shape index (κ1) is 24.5. The van der Waals surface area contributed by atoms with Crippen LogP contribution in [0.1, 0.15) is 65.2 Å². The SMILES string of the molecule is CC[C@@H]1[C@@H]([C@H](OC(=O)c2cccc(OC)c2)C(=O)NC(C)(C)C)N1C(=O)OC(C)(C)C. The van der Waals surface area contributed by atoms with E-state index in [9.17, 15) is 14.4 Å². The molecule has 0 bridgehead atoms. The Balaban J connectivity index is 2.29. The minimum atomic E-state index is -1.17. The second-order valence-corrected chi connectivity index (χ2v) is 9.65. The van der Waals surface area contributed by atoms with Crippen LogP contribution < -0.4 is 10.1 Å². The highest BCUT2D eigenvalue weighted by Gasteiger charge is 2.59. The number of hydrogen-bond donors (Lipinski definition) is 1. The second kappa shape index (κ2) is 9.16. The van der Waals surface area contributed by atoms with Gasteiger partial charge in [-0.15, -0.1) is 0 Å². The third-order valence-corrected chi connectivity index (χ3v) is 4.61. The molecule has 1 aromatic rings. The number of benzene rings is 1. The van der Waals surface area contributed by atoms with E-state index < -0.39 is 41.3 Å². The fourth-order valence-corrected chi connectivity index (χ4v) is 3.31. The maximum absolute atomic E-state index is 13.1. The van der Waals surface area contributed by atoms with E-state index in [2.05, 4.69) is 5.32 Å². The molecule has 0 unspecified atom stereocenters. The van der Waals surface area contributed by atoms with Gasteiger partial charge < -0.3 is 19.5 Å². The van der Waals surface area contributed by atoms with E-state index in [0.29, 0.717) is 12.2 Å². The first-order valence-corrected chi connectivity index (χ1v) is 10.5. The molecule has 2 rings (SSSR count). The van der Waals surface area contributed by atoms with Gasteiger partial charge in [0.15, 0.2) is 0 Å². The number of nitrogens with zero attached hydrogens (tertiary/aromatic N) is 1. The molecule has 1 aromatic carbocycles. The van der Waals surface area contributed by atoms with Crippen molar-refractivity contribution in [1.82, 2.24) is 10.2 Å². The van der Waals surface area contributed by atoms with Crippen LogP contribution >= 0.6 is 0 Å². The summed E-state index contributed by atoms with van der Waals surface area (Å²) in [5.41, 5.74) is -0.959. The molecule has 0 aliphatic carbocycles. The van der Waals surface area contributed by atoms with Gasteiger partial charge >= 0.3 is 12.1 Å². The molecule has 1 heterocycles. The summed E-state index contributed by atoms with van der Waals surface area (Å²) < 4.78 is 16.3. The van der Waals surface area contributed by atoms with Crippen molar-refractivity contribution in [3.05, 3.63) is 29.8 Å². The third-order valence-electron chi connectivity index (χ3n) is 4.61. The van der Waals surface area contributed by atoms with Crippen molar-refractivity contribution < 1.29 is 28.6 Å². The van der Waals surface area contributed by atoms with Crippen molar-refractivity contribution in [3.8, 4) is 5.75 Å². The van der Waals surface area contributed by atoms with Crippen molar-refractivity contribution in [2.75, 3.05) is 7.11 Å². The summed E-state index contributed by atoms with van der Waals surface area (Å²) in [6, 6.07) is 5.63. The first-order chi connectivity index (χ1) is 14.3. The maximum Gasteiger partial charge on any atom is 0.411 e. The lowest BCUT2D eigenvalue weighted by molar-refractivity contribution is -0.131. The summed E-state index contributed by atoms with van der Waals surface area (Å²) in [6.45, 7) is 12.7. The van der Waals surface area contributed by atoms with Crippen LogP contribution in [0.5, 0.6) is 5.75 Å². The fraction of sp³-hybridized carbons (Fsp3) is 0.609. The summed E-state index contributed by atoms with van der Waals surface area (Å²) in [5.74, 6) is -0.629. The number of carbonyl (C=O) groups excluding carboxylic acids is 3. The summed E-state index contributed by atoms with van der Waals surface area (Å²) in [7, 11) is 1.50. The average Bonchev–Trinajstić information content (AvgIpc) is 3.37. The average molecular weight is 435 g/mol. The molecular weight excluding hydrogens is 400 g/mol. The molecule has 3 atom stereocenters. The topological polar surface area (TPSA) is 93.9 Å². The summed E-state index contributed by atoms with van der Waals surface area (Å²) in [5, 5.41) is 2.85. The van der Waals surface area contributed by atoms with E-state index in [-0.39, 0.29) is 11.6 Å². The predicted octanol–water partition coefficient (Wildman–Crippen LogP) is 3.53. The quantitative estimate of drug-likeness (QED) is 0.544. The Labute approximate surface area is 184 Å². The van der Waals surface area contributed by atoms with Gasteiger partial charge in [-0.2, -0.15) is 0 Å². The normalized spacial score (nSPS) is 19.3. The molecule has 1 aliphatic heterocycles. The molecule has 1 fully saturated rings. The van der Waals surface area contributed by atoms with Gasteiger partial charge in [0.25, 0.3) is 5.91 Å². The van der Waals surface area contributed by atoms with Gasteiger partial charge in [-0.25, -0.2) is 9.59 Å². The Morgan fingerprint density at radius 2 is 1.77 bits per heavy atom. The maximum atomic E-state index is 13.1. The van der Waals surface area contributed by atoms with Crippen LogP contribution in [0.2, 0.25) is 0 Å². The van der Waals surface area contributed by atoms with Gasteiger partial charge in [0.1, 0.15) is 17.4 Å². The van der Waals surface area contributed by atoms with Crippen molar-refractivity contribution in [3.63, 3.8) is 0 Å². The highest BCUT2D eigenvalue weighted by Crippen LogP contribution is 2.37. The number of methoxy groups -OCH3 is 1. The molecule has 2 amide bonds. The molecule has 1 aliphatic rings. The minimum Gasteiger partial charge on any atom is -0.497 e. The predicted molar refractivity (Wildman–Crippen MR) is 116 cm³/mol. The number of ether oxygens (including phenoxy) is 3. The van der Waals surface area contributed by atoms with Gasteiger partial charge in [-0.1, -0.05) is 13.0 Å². The lowest BCUT2D eigenvalue weighted by Crippen LogP contribution is -2.50. The van der Waals surface area contributed by atoms with Crippen molar-refractivity contribution in [2.24, 2.45) is 0 Å². The molecule has 1 N–H and O–H groups in total. The number of esters is 1. The molecule has 0 aromatic heterocycles. The van der Waals surface area contributed by atoms with Crippen LogP contribution in [-0.2, 0) is 14.3 Å². The van der Waals surface area contributed by atoms with E-state index >= 15 is 0 Å². The zero-order valence-corrected chi connectivity index (χ0v) is 19.6. The Hall–Kier alpha value is -2.77. The first-order valence-electron chi connectivity index (χ1n) is 10.5. The Kier molecular flexibility index (Phi) is 7.24. The summed E-state index contributed by atoms with van der Waals surface area (Å²) in [4.78, 5) is 40.0. The van der Waals surface area contributed by atoms with E-state index in [4.69, 9.17) is 14.2 Å².